The molecule has 0 aliphatic heterocycles. The van der Waals surface area contributed by atoms with Crippen LogP contribution in [0, 0.1) is 0 Å². The molecule has 0 aromatic heterocycles. The lowest BCUT2D eigenvalue weighted by Gasteiger charge is -2.26. The van der Waals surface area contributed by atoms with Gasteiger partial charge in [0.15, 0.2) is 0 Å². The molecule has 0 unspecified atom stereocenters. The Balaban J connectivity index is 1.76. The summed E-state index contributed by atoms with van der Waals surface area (Å²) >= 11 is 7.40. The molecule has 0 fully saturated rings. The minimum absolute atomic E-state index is 1.06. The predicted octanol–water partition coefficient (Wildman–Crippen LogP) is 13.3. The Bertz CT molecular complexity index is 2140. The Morgan fingerprint density at radius 2 is 0.545 bits per heavy atom. The van der Waals surface area contributed by atoms with Gasteiger partial charge in [0, 0.05) is 8.95 Å². The van der Waals surface area contributed by atoms with Gasteiger partial charge in [-0.15, -0.1) is 0 Å². The van der Waals surface area contributed by atoms with E-state index < -0.39 is 0 Å². The second-order valence-electron chi connectivity index (χ2n) is 11.1. The minimum atomic E-state index is 1.06. The van der Waals surface area contributed by atoms with E-state index in [4.69, 9.17) is 0 Å². The molecule has 0 heterocycles. The fourth-order valence-corrected chi connectivity index (χ4v) is 7.29. The van der Waals surface area contributed by atoms with Crippen molar-refractivity contribution in [3.8, 4) is 44.5 Å². The SMILES string of the molecule is Brc1ccc(-c2c(-c3ccc(Br)cc3)c(-c3ccccc3)c3c4ccccc4c4ccccc4c3c2-c2ccccc2)cc1. The van der Waals surface area contributed by atoms with Crippen LogP contribution in [-0.4, -0.2) is 0 Å². The van der Waals surface area contributed by atoms with Gasteiger partial charge in [0.05, 0.1) is 0 Å². The maximum Gasteiger partial charge on any atom is 0.0175 e. The van der Waals surface area contributed by atoms with Crippen LogP contribution in [0.3, 0.4) is 0 Å². The number of benzene rings is 8. The molecule has 8 aromatic carbocycles. The van der Waals surface area contributed by atoms with Crippen LogP contribution in [0.15, 0.2) is 167 Å². The zero-order valence-electron chi connectivity index (χ0n) is 23.8. The van der Waals surface area contributed by atoms with Gasteiger partial charge in [-0.2, -0.15) is 0 Å². The van der Waals surface area contributed by atoms with Crippen molar-refractivity contribution in [1.82, 2.24) is 0 Å². The third-order valence-electron chi connectivity index (χ3n) is 8.57. The highest BCUT2D eigenvalue weighted by molar-refractivity contribution is 9.10. The van der Waals surface area contributed by atoms with Gasteiger partial charge in [-0.25, -0.2) is 0 Å². The van der Waals surface area contributed by atoms with E-state index in [0.29, 0.717) is 0 Å². The fourth-order valence-electron chi connectivity index (χ4n) is 6.76. The van der Waals surface area contributed by atoms with E-state index in [1.165, 1.54) is 76.8 Å². The van der Waals surface area contributed by atoms with Crippen LogP contribution in [0.5, 0.6) is 0 Å². The van der Waals surface area contributed by atoms with E-state index in [2.05, 4.69) is 190 Å². The molecule has 0 spiro atoms. The molecule has 44 heavy (non-hydrogen) atoms. The second-order valence-corrected chi connectivity index (χ2v) is 12.9. The maximum atomic E-state index is 3.70. The van der Waals surface area contributed by atoms with Gasteiger partial charge in [-0.3, -0.25) is 0 Å². The standard InChI is InChI=1S/C42H26Br2/c43-31-23-19-29(20-24-31)37-38(30-21-25-32(44)26-22-30)40(28-13-5-2-6-14-28)42-36-18-10-8-16-34(36)33-15-7-9-17-35(33)41(42)39(37)27-11-3-1-4-12-27/h1-26H. The highest BCUT2D eigenvalue weighted by Gasteiger charge is 2.26. The predicted molar refractivity (Wildman–Crippen MR) is 196 cm³/mol. The van der Waals surface area contributed by atoms with Crippen molar-refractivity contribution < 1.29 is 0 Å². The summed E-state index contributed by atoms with van der Waals surface area (Å²) in [6, 6.07) is 57.3. The molecule has 0 atom stereocenters. The van der Waals surface area contributed by atoms with Crippen molar-refractivity contribution in [3.63, 3.8) is 0 Å². The van der Waals surface area contributed by atoms with E-state index in [9.17, 15) is 0 Å². The molecule has 0 saturated heterocycles. The van der Waals surface area contributed by atoms with Crippen LogP contribution in [0.2, 0.25) is 0 Å². The third kappa shape index (κ3) is 4.49. The van der Waals surface area contributed by atoms with E-state index in [1.807, 2.05) is 0 Å². The summed E-state index contributed by atoms with van der Waals surface area (Å²) in [7, 11) is 0. The van der Waals surface area contributed by atoms with Crippen LogP contribution in [0.25, 0.3) is 76.8 Å². The van der Waals surface area contributed by atoms with E-state index in [0.717, 1.165) is 8.95 Å². The summed E-state index contributed by atoms with van der Waals surface area (Å²) in [4.78, 5) is 0. The highest BCUT2D eigenvalue weighted by Crippen LogP contribution is 2.54. The van der Waals surface area contributed by atoms with E-state index in [-0.39, 0.29) is 0 Å². The Kier molecular flexibility index (Phi) is 6.90. The van der Waals surface area contributed by atoms with Crippen LogP contribution in [0.1, 0.15) is 0 Å². The fraction of sp³-hybridized carbons (Fsp3) is 0. The van der Waals surface area contributed by atoms with Crippen LogP contribution in [0.4, 0.5) is 0 Å². The molecule has 0 bridgehead atoms. The first-order valence-corrected chi connectivity index (χ1v) is 16.3. The normalized spacial score (nSPS) is 11.4. The molecule has 0 amide bonds. The lowest BCUT2D eigenvalue weighted by Crippen LogP contribution is -1.99. The average molecular weight is 690 g/mol. The quantitative estimate of drug-likeness (QED) is 0.161. The van der Waals surface area contributed by atoms with Gasteiger partial charge in [-0.05, 0) is 101 Å². The summed E-state index contributed by atoms with van der Waals surface area (Å²) in [5, 5.41) is 7.62. The van der Waals surface area contributed by atoms with Crippen LogP contribution < -0.4 is 0 Å². The molecular formula is C42H26Br2. The van der Waals surface area contributed by atoms with Crippen molar-refractivity contribution in [2.45, 2.75) is 0 Å². The molecule has 0 aliphatic rings. The minimum Gasteiger partial charge on any atom is -0.0622 e. The van der Waals surface area contributed by atoms with Crippen molar-refractivity contribution >= 4 is 64.2 Å². The summed E-state index contributed by atoms with van der Waals surface area (Å²) in [5.74, 6) is 0. The summed E-state index contributed by atoms with van der Waals surface area (Å²) in [5.41, 5.74) is 9.74. The Labute approximate surface area is 273 Å². The molecule has 0 radical (unpaired) electrons. The molecular weight excluding hydrogens is 664 g/mol. The number of hydrogen-bond donors (Lipinski definition) is 0. The first kappa shape index (κ1) is 27.1. The molecule has 0 saturated carbocycles. The van der Waals surface area contributed by atoms with Crippen LogP contribution in [-0.2, 0) is 0 Å². The molecule has 0 nitrogen and oxygen atoms in total. The number of rotatable bonds is 4. The molecule has 208 valence electrons. The highest BCUT2D eigenvalue weighted by atomic mass is 79.9. The lowest BCUT2D eigenvalue weighted by atomic mass is 9.76. The average Bonchev–Trinajstić information content (AvgIpc) is 3.09. The van der Waals surface area contributed by atoms with Crippen LogP contribution >= 0.6 is 31.9 Å². The molecule has 2 heteroatoms. The monoisotopic (exact) mass is 688 g/mol. The van der Waals surface area contributed by atoms with Crippen molar-refractivity contribution in [2.75, 3.05) is 0 Å². The summed E-state index contributed by atoms with van der Waals surface area (Å²) in [6.07, 6.45) is 0. The number of fused-ring (bicyclic) bond motifs is 6. The topological polar surface area (TPSA) is 0 Å². The van der Waals surface area contributed by atoms with Gasteiger partial charge < -0.3 is 0 Å². The maximum absolute atomic E-state index is 3.70. The summed E-state index contributed by atoms with van der Waals surface area (Å²) < 4.78 is 2.13. The Hall–Kier alpha value is -4.50. The van der Waals surface area contributed by atoms with Gasteiger partial charge in [-0.1, -0.05) is 165 Å². The van der Waals surface area contributed by atoms with Gasteiger partial charge >= 0.3 is 0 Å². The summed E-state index contributed by atoms with van der Waals surface area (Å²) in [6.45, 7) is 0. The molecule has 0 N–H and O–H groups in total. The van der Waals surface area contributed by atoms with Gasteiger partial charge in [0.2, 0.25) is 0 Å². The number of hydrogen-bond acceptors (Lipinski definition) is 0. The third-order valence-corrected chi connectivity index (χ3v) is 9.63. The second kappa shape index (κ2) is 11.2. The smallest absolute Gasteiger partial charge is 0.0175 e. The largest absolute Gasteiger partial charge is 0.0622 e. The zero-order chi connectivity index (χ0) is 29.6. The number of halogens is 2. The van der Waals surface area contributed by atoms with E-state index >= 15 is 0 Å². The molecule has 0 aliphatic carbocycles. The molecule has 8 aromatic rings. The van der Waals surface area contributed by atoms with Crippen molar-refractivity contribution in [2.24, 2.45) is 0 Å². The van der Waals surface area contributed by atoms with Crippen molar-refractivity contribution in [1.29, 1.82) is 0 Å². The molecule has 8 rings (SSSR count). The van der Waals surface area contributed by atoms with E-state index in [1.54, 1.807) is 0 Å². The first-order chi connectivity index (χ1) is 21.7. The Morgan fingerprint density at radius 1 is 0.250 bits per heavy atom. The van der Waals surface area contributed by atoms with Crippen molar-refractivity contribution in [3.05, 3.63) is 167 Å². The lowest BCUT2D eigenvalue weighted by molar-refractivity contribution is 1.56. The Morgan fingerprint density at radius 3 is 0.909 bits per heavy atom. The first-order valence-electron chi connectivity index (χ1n) is 14.7. The van der Waals surface area contributed by atoms with Gasteiger partial charge in [0.25, 0.3) is 0 Å². The zero-order valence-corrected chi connectivity index (χ0v) is 26.9. The van der Waals surface area contributed by atoms with Gasteiger partial charge in [0.1, 0.15) is 0 Å².